The molecule has 2 saturated carbocycles. The molecule has 6 heteroatoms. The van der Waals surface area contributed by atoms with Crippen molar-refractivity contribution in [2.24, 2.45) is 16.3 Å². The molecule has 3 atom stereocenters. The zero-order valence-corrected chi connectivity index (χ0v) is 16.0. The summed E-state index contributed by atoms with van der Waals surface area (Å²) in [6.07, 6.45) is 6.87. The van der Waals surface area contributed by atoms with Crippen molar-refractivity contribution in [1.29, 1.82) is 0 Å². The largest absolute Gasteiger partial charge is 0.454 e. The number of nitrogens with one attached hydrogen (secondary N) is 2. The Balaban J connectivity index is 1.31. The van der Waals surface area contributed by atoms with Crippen molar-refractivity contribution < 1.29 is 14.2 Å². The van der Waals surface area contributed by atoms with E-state index in [2.05, 4.69) is 23.6 Å². The molecule has 6 nitrogen and oxygen atoms in total. The van der Waals surface area contributed by atoms with E-state index >= 15 is 0 Å². The van der Waals surface area contributed by atoms with E-state index < -0.39 is 0 Å². The Hall–Kier alpha value is -1.95. The number of guanidine groups is 1. The number of aliphatic imine (C=N–C) groups is 1. The Morgan fingerprint density at radius 2 is 2.07 bits per heavy atom. The number of benzene rings is 1. The van der Waals surface area contributed by atoms with E-state index in [0.717, 1.165) is 36.2 Å². The second-order valence-electron chi connectivity index (χ2n) is 8.19. The summed E-state index contributed by atoms with van der Waals surface area (Å²) < 4.78 is 17.0. The molecule has 27 heavy (non-hydrogen) atoms. The Kier molecular flexibility index (Phi) is 4.38. The third-order valence-corrected chi connectivity index (χ3v) is 6.78. The Morgan fingerprint density at radius 3 is 2.93 bits per heavy atom. The normalized spacial score (nSPS) is 30.3. The molecule has 0 radical (unpaired) electrons. The van der Waals surface area contributed by atoms with Crippen LogP contribution in [0.5, 0.6) is 11.5 Å². The first kappa shape index (κ1) is 17.2. The number of rotatable bonds is 4. The summed E-state index contributed by atoms with van der Waals surface area (Å²) in [4.78, 5) is 4.86. The zero-order valence-electron chi connectivity index (χ0n) is 16.0. The van der Waals surface area contributed by atoms with Crippen LogP contribution in [0.3, 0.4) is 0 Å². The van der Waals surface area contributed by atoms with Crippen LogP contribution in [0.1, 0.15) is 44.6 Å². The lowest BCUT2D eigenvalue weighted by molar-refractivity contribution is -0.125. The molecule has 4 aliphatic rings. The maximum Gasteiger partial charge on any atom is 0.231 e. The summed E-state index contributed by atoms with van der Waals surface area (Å²) in [7, 11) is 0. The average Bonchev–Trinajstić information content (AvgIpc) is 3.43. The number of ether oxygens (including phenoxy) is 3. The summed E-state index contributed by atoms with van der Waals surface area (Å²) in [5.41, 5.74) is 1.46. The third kappa shape index (κ3) is 2.85. The number of hydrogen-bond acceptors (Lipinski definition) is 4. The molecule has 146 valence electrons. The van der Waals surface area contributed by atoms with Gasteiger partial charge in [-0.1, -0.05) is 18.9 Å². The molecule has 2 aliphatic heterocycles. The fourth-order valence-corrected chi connectivity index (χ4v) is 5.58. The highest BCUT2D eigenvalue weighted by Gasteiger charge is 2.65. The number of hydrogen-bond donors (Lipinski definition) is 2. The average molecular weight is 371 g/mol. The smallest absolute Gasteiger partial charge is 0.231 e. The van der Waals surface area contributed by atoms with E-state index in [1.165, 1.54) is 32.1 Å². The van der Waals surface area contributed by atoms with Gasteiger partial charge in [0.05, 0.1) is 12.6 Å². The quantitative estimate of drug-likeness (QED) is 0.629. The number of nitrogens with zero attached hydrogens (tertiary/aromatic N) is 1. The molecule has 2 heterocycles. The van der Waals surface area contributed by atoms with Gasteiger partial charge in [-0.3, -0.25) is 0 Å². The van der Waals surface area contributed by atoms with E-state index in [0.29, 0.717) is 36.8 Å². The van der Waals surface area contributed by atoms with Gasteiger partial charge in [-0.2, -0.15) is 0 Å². The highest BCUT2D eigenvalue weighted by Crippen LogP contribution is 2.60. The molecule has 5 rings (SSSR count). The van der Waals surface area contributed by atoms with Crippen LogP contribution in [0, 0.1) is 11.3 Å². The predicted octanol–water partition coefficient (Wildman–Crippen LogP) is 2.82. The van der Waals surface area contributed by atoms with Crippen molar-refractivity contribution in [2.45, 2.75) is 57.7 Å². The number of fused-ring (bicyclic) bond motifs is 3. The van der Waals surface area contributed by atoms with Crippen LogP contribution in [0.25, 0.3) is 0 Å². The van der Waals surface area contributed by atoms with E-state index in [1.807, 2.05) is 12.1 Å². The van der Waals surface area contributed by atoms with Gasteiger partial charge in [-0.25, -0.2) is 4.99 Å². The molecule has 1 saturated heterocycles. The van der Waals surface area contributed by atoms with Crippen molar-refractivity contribution in [2.75, 3.05) is 19.9 Å². The van der Waals surface area contributed by atoms with Crippen LogP contribution >= 0.6 is 0 Å². The molecule has 2 aliphatic carbocycles. The summed E-state index contributed by atoms with van der Waals surface area (Å²) in [6, 6.07) is 6.54. The maximum atomic E-state index is 6.11. The molecule has 3 fully saturated rings. The van der Waals surface area contributed by atoms with E-state index in [-0.39, 0.29) is 0 Å². The Bertz CT molecular complexity index is 729. The minimum absolute atomic E-state index is 0.306. The summed E-state index contributed by atoms with van der Waals surface area (Å²) in [6.45, 7) is 4.82. The van der Waals surface area contributed by atoms with Crippen LogP contribution in [0.15, 0.2) is 23.2 Å². The van der Waals surface area contributed by atoms with Gasteiger partial charge in [0.1, 0.15) is 0 Å². The van der Waals surface area contributed by atoms with Gasteiger partial charge in [0.15, 0.2) is 17.5 Å². The molecule has 0 bridgehead atoms. The molecule has 3 unspecified atom stereocenters. The lowest BCUT2D eigenvalue weighted by Crippen LogP contribution is -2.69. The summed E-state index contributed by atoms with van der Waals surface area (Å²) in [5, 5.41) is 7.22. The molecule has 1 spiro atoms. The second-order valence-corrected chi connectivity index (χ2v) is 8.19. The van der Waals surface area contributed by atoms with Crippen LogP contribution in [-0.4, -0.2) is 38.0 Å². The molecule has 1 aromatic carbocycles. The van der Waals surface area contributed by atoms with Crippen molar-refractivity contribution in [1.82, 2.24) is 10.6 Å². The fraction of sp³-hybridized carbons (Fsp3) is 0.667. The molecule has 1 aromatic rings. The lowest BCUT2D eigenvalue weighted by Gasteiger charge is -2.57. The summed E-state index contributed by atoms with van der Waals surface area (Å²) >= 11 is 0. The van der Waals surface area contributed by atoms with Crippen LogP contribution < -0.4 is 20.1 Å². The zero-order chi connectivity index (χ0) is 18.3. The van der Waals surface area contributed by atoms with Gasteiger partial charge in [-0.15, -0.1) is 0 Å². The van der Waals surface area contributed by atoms with Crippen LogP contribution in [0.2, 0.25) is 0 Å². The van der Waals surface area contributed by atoms with Gasteiger partial charge >= 0.3 is 0 Å². The van der Waals surface area contributed by atoms with Gasteiger partial charge in [0, 0.05) is 30.5 Å². The first-order chi connectivity index (χ1) is 13.3. The highest BCUT2D eigenvalue weighted by atomic mass is 16.7. The Morgan fingerprint density at radius 1 is 1.22 bits per heavy atom. The Labute approximate surface area is 160 Å². The molecule has 0 aromatic heterocycles. The highest BCUT2D eigenvalue weighted by molar-refractivity contribution is 5.80. The van der Waals surface area contributed by atoms with Gasteiger partial charge in [0.2, 0.25) is 6.79 Å². The van der Waals surface area contributed by atoms with E-state index in [4.69, 9.17) is 19.2 Å². The van der Waals surface area contributed by atoms with E-state index in [9.17, 15) is 0 Å². The van der Waals surface area contributed by atoms with Gasteiger partial charge < -0.3 is 24.8 Å². The van der Waals surface area contributed by atoms with E-state index in [1.54, 1.807) is 0 Å². The molecular formula is C21H29N3O3. The molecule has 0 amide bonds. The van der Waals surface area contributed by atoms with Gasteiger partial charge in [-0.05, 0) is 43.9 Å². The van der Waals surface area contributed by atoms with Crippen molar-refractivity contribution >= 4 is 5.96 Å². The minimum Gasteiger partial charge on any atom is -0.454 e. The van der Waals surface area contributed by atoms with Crippen molar-refractivity contribution in [3.05, 3.63) is 23.8 Å². The van der Waals surface area contributed by atoms with Crippen LogP contribution in [-0.2, 0) is 11.3 Å². The topological polar surface area (TPSA) is 64.1 Å². The van der Waals surface area contributed by atoms with Crippen molar-refractivity contribution in [3.63, 3.8) is 0 Å². The van der Waals surface area contributed by atoms with Crippen LogP contribution in [0.4, 0.5) is 0 Å². The van der Waals surface area contributed by atoms with Crippen molar-refractivity contribution in [3.8, 4) is 11.5 Å². The lowest BCUT2D eigenvalue weighted by atomic mass is 9.54. The standard InChI is InChI=1S/C21H29N3O3/c1-2-22-20(23-12-14-5-6-16-17(11-14)27-13-26-16)24-18-15-7-10-25-19(15)21(18)8-3-4-9-21/h5-6,11,15,18-19H,2-4,7-10,12-13H2,1H3,(H2,22,23,24). The first-order valence-corrected chi connectivity index (χ1v) is 10.4. The fourth-order valence-electron chi connectivity index (χ4n) is 5.58. The molecule has 2 N–H and O–H groups in total. The monoisotopic (exact) mass is 371 g/mol. The second kappa shape index (κ2) is 6.89. The predicted molar refractivity (Wildman–Crippen MR) is 103 cm³/mol. The SMILES string of the molecule is CCNC(=NCc1ccc2c(c1)OCO2)NC1C2CCOC2C12CCCC2. The molecular weight excluding hydrogens is 342 g/mol. The van der Waals surface area contributed by atoms with Gasteiger partial charge in [0.25, 0.3) is 0 Å². The third-order valence-electron chi connectivity index (χ3n) is 6.78. The first-order valence-electron chi connectivity index (χ1n) is 10.4. The summed E-state index contributed by atoms with van der Waals surface area (Å²) in [5.74, 6) is 3.18. The maximum absolute atomic E-state index is 6.11. The minimum atomic E-state index is 0.306.